The van der Waals surface area contributed by atoms with Crippen molar-refractivity contribution in [2.75, 3.05) is 19.6 Å². The molecule has 0 N–H and O–H groups in total. The van der Waals surface area contributed by atoms with E-state index in [-0.39, 0.29) is 0 Å². The van der Waals surface area contributed by atoms with Crippen molar-refractivity contribution in [2.45, 2.75) is 40.0 Å². The van der Waals surface area contributed by atoms with Gasteiger partial charge in [-0.25, -0.2) is 0 Å². The van der Waals surface area contributed by atoms with Gasteiger partial charge < -0.3 is 4.90 Å². The average molecular weight is 194 g/mol. The molecule has 0 aromatic rings. The Balaban J connectivity index is 2.34. The van der Waals surface area contributed by atoms with Crippen LogP contribution < -0.4 is 0 Å². The molecule has 1 saturated heterocycles. The Labute approximate surface area is 87.9 Å². The van der Waals surface area contributed by atoms with Crippen LogP contribution in [0.15, 0.2) is 0 Å². The van der Waals surface area contributed by atoms with Crippen molar-refractivity contribution in [2.24, 2.45) is 11.3 Å². The lowest BCUT2D eigenvalue weighted by Crippen LogP contribution is -2.40. The van der Waals surface area contributed by atoms with Crippen LogP contribution in [0.2, 0.25) is 0 Å². The van der Waals surface area contributed by atoms with Crippen molar-refractivity contribution in [3.63, 3.8) is 0 Å². The lowest BCUT2D eigenvalue weighted by Gasteiger charge is -2.38. The van der Waals surface area contributed by atoms with Crippen LogP contribution in [0.25, 0.3) is 0 Å². The molecule has 80 valence electrons. The quantitative estimate of drug-likeness (QED) is 0.690. The van der Waals surface area contributed by atoms with Crippen molar-refractivity contribution in [3.05, 3.63) is 0 Å². The van der Waals surface area contributed by atoms with Gasteiger partial charge in [0.15, 0.2) is 0 Å². The van der Waals surface area contributed by atoms with Crippen LogP contribution in [0.1, 0.15) is 40.0 Å². The molecule has 1 rings (SSSR count). The number of piperidine rings is 1. The summed E-state index contributed by atoms with van der Waals surface area (Å²) >= 11 is 0. The average Bonchev–Trinajstić information content (AvgIpc) is 2.09. The molecule has 14 heavy (non-hydrogen) atoms. The van der Waals surface area contributed by atoms with E-state index in [4.69, 9.17) is 5.26 Å². The number of likely N-dealkylation sites (tertiary alicyclic amines) is 1. The molecule has 2 heteroatoms. The van der Waals surface area contributed by atoms with Crippen LogP contribution >= 0.6 is 0 Å². The lowest BCUT2D eigenvalue weighted by atomic mass is 9.78. The Morgan fingerprint density at radius 1 is 1.36 bits per heavy atom. The zero-order valence-corrected chi connectivity index (χ0v) is 9.71. The third-order valence-electron chi connectivity index (χ3n) is 3.19. The highest BCUT2D eigenvalue weighted by molar-refractivity contribution is 4.89. The van der Waals surface area contributed by atoms with E-state index in [0.717, 1.165) is 12.3 Å². The highest BCUT2D eigenvalue weighted by Gasteiger charge is 2.29. The molecule has 1 aliphatic heterocycles. The first kappa shape index (κ1) is 11.5. The fourth-order valence-electron chi connectivity index (χ4n) is 2.16. The molecule has 1 aliphatic rings. The summed E-state index contributed by atoms with van der Waals surface area (Å²) in [6.45, 7) is 10.4. The zero-order valence-electron chi connectivity index (χ0n) is 9.71. The molecule has 1 fully saturated rings. The van der Waals surface area contributed by atoms with Gasteiger partial charge >= 0.3 is 0 Å². The van der Waals surface area contributed by atoms with E-state index in [9.17, 15) is 0 Å². The van der Waals surface area contributed by atoms with Crippen LogP contribution in [-0.4, -0.2) is 24.5 Å². The van der Waals surface area contributed by atoms with E-state index in [2.05, 4.69) is 31.7 Å². The number of rotatable bonds is 3. The van der Waals surface area contributed by atoms with Gasteiger partial charge in [-0.15, -0.1) is 0 Å². The summed E-state index contributed by atoms with van der Waals surface area (Å²) in [5, 5.41) is 8.73. The molecule has 0 aromatic heterocycles. The Bertz CT molecular complexity index is 207. The molecule has 2 nitrogen and oxygen atoms in total. The van der Waals surface area contributed by atoms with Gasteiger partial charge in [-0.1, -0.05) is 20.8 Å². The summed E-state index contributed by atoms with van der Waals surface area (Å²) in [4.78, 5) is 2.53. The summed E-state index contributed by atoms with van der Waals surface area (Å²) in [5.41, 5.74) is 0.294. The second-order valence-corrected chi connectivity index (χ2v) is 5.34. The highest BCUT2D eigenvalue weighted by Crippen LogP contribution is 2.33. The second-order valence-electron chi connectivity index (χ2n) is 5.34. The first-order valence-electron chi connectivity index (χ1n) is 5.65. The van der Waals surface area contributed by atoms with E-state index >= 15 is 0 Å². The molecule has 1 heterocycles. The van der Waals surface area contributed by atoms with E-state index in [1.807, 2.05) is 0 Å². The third-order valence-corrected chi connectivity index (χ3v) is 3.19. The van der Waals surface area contributed by atoms with Gasteiger partial charge in [0.2, 0.25) is 0 Å². The van der Waals surface area contributed by atoms with Crippen molar-refractivity contribution in [1.29, 1.82) is 5.26 Å². The Morgan fingerprint density at radius 2 is 1.93 bits per heavy atom. The molecule has 0 spiro atoms. The summed E-state index contributed by atoms with van der Waals surface area (Å²) in [7, 11) is 0. The fourth-order valence-corrected chi connectivity index (χ4v) is 2.16. The van der Waals surface area contributed by atoms with Crippen molar-refractivity contribution < 1.29 is 0 Å². The Morgan fingerprint density at radius 3 is 2.36 bits per heavy atom. The number of nitriles is 1. The predicted octanol–water partition coefficient (Wildman–Crippen LogP) is 2.66. The standard InChI is InChI=1S/C12H22N2/c1-11(2)10-14-8-5-12(3,4-7-13)6-9-14/h11H,4-6,8-10H2,1-3H3. The maximum absolute atomic E-state index is 8.73. The topological polar surface area (TPSA) is 27.0 Å². The second kappa shape index (κ2) is 4.79. The predicted molar refractivity (Wildman–Crippen MR) is 58.8 cm³/mol. The van der Waals surface area contributed by atoms with E-state index in [1.165, 1.54) is 32.5 Å². The van der Waals surface area contributed by atoms with Crippen LogP contribution in [0.5, 0.6) is 0 Å². The normalized spacial score (nSPS) is 22.2. The van der Waals surface area contributed by atoms with Crippen molar-refractivity contribution in [1.82, 2.24) is 4.90 Å². The molecular weight excluding hydrogens is 172 g/mol. The maximum Gasteiger partial charge on any atom is 0.0627 e. The SMILES string of the molecule is CC(C)CN1CCC(C)(CC#N)CC1. The van der Waals surface area contributed by atoms with Crippen molar-refractivity contribution in [3.8, 4) is 6.07 Å². The minimum atomic E-state index is 0.294. The van der Waals surface area contributed by atoms with E-state index in [1.54, 1.807) is 0 Å². The molecule has 0 radical (unpaired) electrons. The highest BCUT2D eigenvalue weighted by atomic mass is 15.1. The minimum absolute atomic E-state index is 0.294. The molecule has 0 unspecified atom stereocenters. The summed E-state index contributed by atoms with van der Waals surface area (Å²) in [6.07, 6.45) is 3.10. The van der Waals surface area contributed by atoms with E-state index in [0.29, 0.717) is 5.41 Å². The third kappa shape index (κ3) is 3.31. The molecular formula is C12H22N2. The first-order chi connectivity index (χ1) is 6.56. The summed E-state index contributed by atoms with van der Waals surface area (Å²) in [6, 6.07) is 2.32. The van der Waals surface area contributed by atoms with Gasteiger partial charge in [0.25, 0.3) is 0 Å². The van der Waals surface area contributed by atoms with Gasteiger partial charge in [0.05, 0.1) is 6.07 Å². The zero-order chi connectivity index (χ0) is 10.6. The minimum Gasteiger partial charge on any atom is -0.303 e. The van der Waals surface area contributed by atoms with Gasteiger partial charge in [-0.2, -0.15) is 5.26 Å². The monoisotopic (exact) mass is 194 g/mol. The van der Waals surface area contributed by atoms with Crippen molar-refractivity contribution >= 4 is 0 Å². The fraction of sp³-hybridized carbons (Fsp3) is 0.917. The largest absolute Gasteiger partial charge is 0.303 e. The molecule has 0 aromatic carbocycles. The van der Waals surface area contributed by atoms with Gasteiger partial charge in [-0.3, -0.25) is 0 Å². The molecule has 0 amide bonds. The summed E-state index contributed by atoms with van der Waals surface area (Å²) in [5.74, 6) is 0.760. The number of nitrogens with zero attached hydrogens (tertiary/aromatic N) is 2. The number of hydrogen-bond donors (Lipinski definition) is 0. The molecule has 0 aliphatic carbocycles. The van der Waals surface area contributed by atoms with Crippen LogP contribution in [-0.2, 0) is 0 Å². The first-order valence-corrected chi connectivity index (χ1v) is 5.65. The molecule has 0 atom stereocenters. The molecule has 0 bridgehead atoms. The van der Waals surface area contributed by atoms with Gasteiger partial charge in [0, 0.05) is 13.0 Å². The molecule has 0 saturated carbocycles. The van der Waals surface area contributed by atoms with E-state index < -0.39 is 0 Å². The Kier molecular flexibility index (Phi) is 3.95. The van der Waals surface area contributed by atoms with Crippen LogP contribution in [0.4, 0.5) is 0 Å². The lowest BCUT2D eigenvalue weighted by molar-refractivity contribution is 0.112. The maximum atomic E-state index is 8.73. The van der Waals surface area contributed by atoms with Crippen LogP contribution in [0, 0.1) is 22.7 Å². The van der Waals surface area contributed by atoms with Crippen LogP contribution in [0.3, 0.4) is 0 Å². The van der Waals surface area contributed by atoms with Gasteiger partial charge in [-0.05, 0) is 37.3 Å². The number of hydrogen-bond acceptors (Lipinski definition) is 2. The Hall–Kier alpha value is -0.550. The summed E-state index contributed by atoms with van der Waals surface area (Å²) < 4.78 is 0. The smallest absolute Gasteiger partial charge is 0.0627 e. The van der Waals surface area contributed by atoms with Gasteiger partial charge in [0.1, 0.15) is 0 Å².